The predicted octanol–water partition coefficient (Wildman–Crippen LogP) is 4.39. The third-order valence-corrected chi connectivity index (χ3v) is 4.65. The lowest BCUT2D eigenvalue weighted by Crippen LogP contribution is -2.29. The molecule has 3 unspecified atom stereocenters. The van der Waals surface area contributed by atoms with Gasteiger partial charge in [0.1, 0.15) is 5.82 Å². The molecule has 1 nitrogen and oxygen atoms in total. The molecule has 0 radical (unpaired) electrons. The lowest BCUT2D eigenvalue weighted by molar-refractivity contribution is 0.226. The molecule has 1 fully saturated rings. The lowest BCUT2D eigenvalue weighted by Gasteiger charge is -2.36. The van der Waals surface area contributed by atoms with Crippen LogP contribution in [0.4, 0.5) is 4.39 Å². The van der Waals surface area contributed by atoms with E-state index in [0.717, 1.165) is 29.9 Å². The van der Waals surface area contributed by atoms with Crippen LogP contribution in [0.2, 0.25) is 0 Å². The van der Waals surface area contributed by atoms with Gasteiger partial charge in [-0.15, -0.1) is 0 Å². The fraction of sp³-hybridized carbons (Fsp3) is 0.647. The van der Waals surface area contributed by atoms with Gasteiger partial charge in [-0.25, -0.2) is 4.39 Å². The van der Waals surface area contributed by atoms with Crippen LogP contribution < -0.4 is 5.73 Å². The number of benzene rings is 1. The summed E-state index contributed by atoms with van der Waals surface area (Å²) in [6, 6.07) is 5.49. The first-order valence-corrected chi connectivity index (χ1v) is 7.61. The fourth-order valence-corrected chi connectivity index (χ4v) is 3.60. The molecule has 0 saturated heterocycles. The van der Waals surface area contributed by atoms with Gasteiger partial charge in [-0.2, -0.15) is 0 Å². The van der Waals surface area contributed by atoms with Gasteiger partial charge >= 0.3 is 0 Å². The highest BCUT2D eigenvalue weighted by Gasteiger charge is 2.31. The Morgan fingerprint density at radius 2 is 2.11 bits per heavy atom. The molecule has 2 rings (SSSR count). The Kier molecular flexibility index (Phi) is 4.98. The molecule has 3 atom stereocenters. The Balaban J connectivity index is 2.24. The summed E-state index contributed by atoms with van der Waals surface area (Å²) >= 11 is 0. The maximum absolute atomic E-state index is 14.1. The SMILES string of the molecule is CCCC1CCC(CN)C(c2cc(C)ccc2F)C1. The standard InChI is InChI=1S/C17H26FN/c1-3-4-13-6-7-14(11-19)15(10-13)16-9-12(2)5-8-17(16)18/h5,8-9,13-15H,3-4,6-7,10-11,19H2,1-2H3. The van der Waals surface area contributed by atoms with E-state index in [0.29, 0.717) is 18.4 Å². The van der Waals surface area contributed by atoms with Gasteiger partial charge in [0.15, 0.2) is 0 Å². The summed E-state index contributed by atoms with van der Waals surface area (Å²) < 4.78 is 14.1. The van der Waals surface area contributed by atoms with Crippen LogP contribution in [0.3, 0.4) is 0 Å². The number of hydrogen-bond donors (Lipinski definition) is 1. The Morgan fingerprint density at radius 1 is 1.32 bits per heavy atom. The van der Waals surface area contributed by atoms with Crippen molar-refractivity contribution < 1.29 is 4.39 Å². The minimum Gasteiger partial charge on any atom is -0.330 e. The Morgan fingerprint density at radius 3 is 2.79 bits per heavy atom. The number of rotatable bonds is 4. The Hall–Kier alpha value is -0.890. The summed E-state index contributed by atoms with van der Waals surface area (Å²) in [5.41, 5.74) is 7.96. The van der Waals surface area contributed by atoms with Crippen molar-refractivity contribution in [1.82, 2.24) is 0 Å². The zero-order valence-corrected chi connectivity index (χ0v) is 12.2. The maximum Gasteiger partial charge on any atom is 0.126 e. The third kappa shape index (κ3) is 3.36. The van der Waals surface area contributed by atoms with Gasteiger partial charge in [0.05, 0.1) is 0 Å². The molecular weight excluding hydrogens is 237 g/mol. The summed E-state index contributed by atoms with van der Waals surface area (Å²) in [5, 5.41) is 0. The van der Waals surface area contributed by atoms with Gasteiger partial charge in [-0.1, -0.05) is 43.9 Å². The van der Waals surface area contributed by atoms with E-state index in [1.54, 1.807) is 6.07 Å². The number of halogens is 1. The van der Waals surface area contributed by atoms with E-state index in [9.17, 15) is 4.39 Å². The summed E-state index contributed by atoms with van der Waals surface area (Å²) in [6.07, 6.45) is 6.01. The van der Waals surface area contributed by atoms with Gasteiger partial charge in [0, 0.05) is 0 Å². The highest BCUT2D eigenvalue weighted by Crippen LogP contribution is 2.42. The lowest BCUT2D eigenvalue weighted by atomic mass is 9.70. The molecule has 0 heterocycles. The van der Waals surface area contributed by atoms with Crippen LogP contribution in [-0.2, 0) is 0 Å². The molecule has 1 aliphatic rings. The van der Waals surface area contributed by atoms with Crippen molar-refractivity contribution in [2.75, 3.05) is 6.54 Å². The first-order valence-electron chi connectivity index (χ1n) is 7.61. The van der Waals surface area contributed by atoms with Crippen molar-refractivity contribution in [3.8, 4) is 0 Å². The van der Waals surface area contributed by atoms with E-state index in [1.807, 2.05) is 19.1 Å². The zero-order chi connectivity index (χ0) is 13.8. The van der Waals surface area contributed by atoms with Crippen molar-refractivity contribution in [2.24, 2.45) is 17.6 Å². The highest BCUT2D eigenvalue weighted by atomic mass is 19.1. The third-order valence-electron chi connectivity index (χ3n) is 4.65. The van der Waals surface area contributed by atoms with Crippen LogP contribution in [0.25, 0.3) is 0 Å². The van der Waals surface area contributed by atoms with Crippen LogP contribution >= 0.6 is 0 Å². The van der Waals surface area contributed by atoms with Crippen molar-refractivity contribution in [2.45, 2.75) is 51.9 Å². The monoisotopic (exact) mass is 263 g/mol. The van der Waals surface area contributed by atoms with Crippen molar-refractivity contribution in [3.05, 3.63) is 35.1 Å². The van der Waals surface area contributed by atoms with Gasteiger partial charge in [-0.3, -0.25) is 0 Å². The largest absolute Gasteiger partial charge is 0.330 e. The average Bonchev–Trinajstić information content (AvgIpc) is 2.42. The number of hydrogen-bond acceptors (Lipinski definition) is 1. The van der Waals surface area contributed by atoms with Crippen LogP contribution in [-0.4, -0.2) is 6.54 Å². The second-order valence-electron chi connectivity index (χ2n) is 6.09. The van der Waals surface area contributed by atoms with Crippen LogP contribution in [0.5, 0.6) is 0 Å². The van der Waals surface area contributed by atoms with E-state index in [-0.39, 0.29) is 5.82 Å². The van der Waals surface area contributed by atoms with Crippen LogP contribution in [0.1, 0.15) is 56.1 Å². The molecule has 106 valence electrons. The molecule has 1 aliphatic carbocycles. The molecular formula is C17H26FN. The van der Waals surface area contributed by atoms with Crippen molar-refractivity contribution in [3.63, 3.8) is 0 Å². The number of nitrogens with two attached hydrogens (primary N) is 1. The predicted molar refractivity (Wildman–Crippen MR) is 78.7 cm³/mol. The molecule has 1 saturated carbocycles. The molecule has 1 aromatic rings. The van der Waals surface area contributed by atoms with Gasteiger partial charge < -0.3 is 5.73 Å². The van der Waals surface area contributed by atoms with Crippen molar-refractivity contribution >= 4 is 0 Å². The number of aryl methyl sites for hydroxylation is 1. The minimum atomic E-state index is -0.0498. The first kappa shape index (κ1) is 14.5. The first-order chi connectivity index (χ1) is 9.15. The molecule has 2 N–H and O–H groups in total. The molecule has 0 amide bonds. The van der Waals surface area contributed by atoms with E-state index in [4.69, 9.17) is 5.73 Å². The molecule has 2 heteroatoms. The Labute approximate surface area is 116 Å². The van der Waals surface area contributed by atoms with Gasteiger partial charge in [-0.05, 0) is 55.7 Å². The summed E-state index contributed by atoms with van der Waals surface area (Å²) in [6.45, 7) is 4.95. The quantitative estimate of drug-likeness (QED) is 0.856. The summed E-state index contributed by atoms with van der Waals surface area (Å²) in [7, 11) is 0. The molecule has 1 aromatic carbocycles. The zero-order valence-electron chi connectivity index (χ0n) is 12.2. The Bertz CT molecular complexity index is 416. The van der Waals surface area contributed by atoms with Gasteiger partial charge in [0.25, 0.3) is 0 Å². The molecule has 0 spiro atoms. The van der Waals surface area contributed by atoms with E-state index < -0.39 is 0 Å². The normalized spacial score (nSPS) is 27.5. The van der Waals surface area contributed by atoms with E-state index in [1.165, 1.54) is 19.3 Å². The maximum atomic E-state index is 14.1. The van der Waals surface area contributed by atoms with Crippen LogP contribution in [0.15, 0.2) is 18.2 Å². The second-order valence-corrected chi connectivity index (χ2v) is 6.09. The molecule has 0 aliphatic heterocycles. The summed E-state index contributed by atoms with van der Waals surface area (Å²) in [5.74, 6) is 1.46. The second kappa shape index (κ2) is 6.51. The minimum absolute atomic E-state index is 0.0498. The fourth-order valence-electron chi connectivity index (χ4n) is 3.60. The van der Waals surface area contributed by atoms with E-state index in [2.05, 4.69) is 6.92 Å². The summed E-state index contributed by atoms with van der Waals surface area (Å²) in [4.78, 5) is 0. The van der Waals surface area contributed by atoms with Crippen LogP contribution in [0, 0.1) is 24.6 Å². The highest BCUT2D eigenvalue weighted by molar-refractivity contribution is 5.28. The topological polar surface area (TPSA) is 26.0 Å². The average molecular weight is 263 g/mol. The van der Waals surface area contributed by atoms with Gasteiger partial charge in [0.2, 0.25) is 0 Å². The molecule has 0 aromatic heterocycles. The smallest absolute Gasteiger partial charge is 0.126 e. The van der Waals surface area contributed by atoms with Crippen molar-refractivity contribution in [1.29, 1.82) is 0 Å². The molecule has 0 bridgehead atoms. The molecule has 19 heavy (non-hydrogen) atoms. The van der Waals surface area contributed by atoms with E-state index >= 15 is 0 Å².